The van der Waals surface area contributed by atoms with Crippen molar-refractivity contribution in [2.45, 2.75) is 20.8 Å². The van der Waals surface area contributed by atoms with Gasteiger partial charge in [-0.1, -0.05) is 41.1 Å². The third-order valence-electron chi connectivity index (χ3n) is 4.31. The third-order valence-corrected chi connectivity index (χ3v) is 5.67. The third kappa shape index (κ3) is 3.31. The van der Waals surface area contributed by atoms with Gasteiger partial charge in [-0.15, -0.1) is 10.2 Å². The number of aryl methyl sites for hydroxylation is 3. The number of hydrogen-bond donors (Lipinski definition) is 1. The predicted octanol–water partition coefficient (Wildman–Crippen LogP) is 4.68. The van der Waals surface area contributed by atoms with Crippen molar-refractivity contribution in [1.29, 1.82) is 0 Å². The van der Waals surface area contributed by atoms with Gasteiger partial charge in [0.25, 0.3) is 5.91 Å². The zero-order valence-corrected chi connectivity index (χ0v) is 16.5. The summed E-state index contributed by atoms with van der Waals surface area (Å²) < 4.78 is 1.71. The Morgan fingerprint density at radius 3 is 2.59 bits per heavy atom. The van der Waals surface area contributed by atoms with E-state index in [0.29, 0.717) is 10.6 Å². The molecule has 2 aromatic carbocycles. The van der Waals surface area contributed by atoms with Gasteiger partial charge in [-0.05, 0) is 50.1 Å². The molecule has 4 aromatic rings. The summed E-state index contributed by atoms with van der Waals surface area (Å²) in [7, 11) is 0. The molecule has 0 unspecified atom stereocenters. The molecule has 8 heteroatoms. The summed E-state index contributed by atoms with van der Waals surface area (Å²) in [6, 6.07) is 11.1. The molecule has 27 heavy (non-hydrogen) atoms. The Balaban J connectivity index is 1.65. The highest BCUT2D eigenvalue weighted by molar-refractivity contribution is 7.19. The summed E-state index contributed by atoms with van der Waals surface area (Å²) in [6.07, 6.45) is 0. The van der Waals surface area contributed by atoms with Crippen LogP contribution in [0.25, 0.3) is 15.5 Å². The standard InChI is InChI=1S/C19H16ClN5OS/c1-10-4-6-13(8-15(10)20)17(26)21-16-9-14(7-5-11(16)2)18-24-25-12(3)22-23-19(25)27-18/h4-9H,1-3H3,(H,21,26). The SMILES string of the molecule is Cc1ccc(C(=O)Nc2cc(-c3nn4c(C)nnc4s3)ccc2C)cc1Cl. The number of rotatable bonds is 3. The largest absolute Gasteiger partial charge is 0.322 e. The zero-order valence-electron chi connectivity index (χ0n) is 14.9. The van der Waals surface area contributed by atoms with E-state index in [1.54, 1.807) is 16.6 Å². The van der Waals surface area contributed by atoms with Crippen molar-refractivity contribution in [3.63, 3.8) is 0 Å². The molecule has 6 nitrogen and oxygen atoms in total. The minimum absolute atomic E-state index is 0.203. The van der Waals surface area contributed by atoms with Gasteiger partial charge in [0.05, 0.1) is 0 Å². The lowest BCUT2D eigenvalue weighted by molar-refractivity contribution is 0.102. The number of anilines is 1. The lowest BCUT2D eigenvalue weighted by Crippen LogP contribution is -2.13. The normalized spacial score (nSPS) is 11.1. The Kier molecular flexibility index (Phi) is 4.41. The minimum Gasteiger partial charge on any atom is -0.322 e. The molecule has 0 aliphatic heterocycles. The highest BCUT2D eigenvalue weighted by atomic mass is 35.5. The average molecular weight is 398 g/mol. The van der Waals surface area contributed by atoms with E-state index in [-0.39, 0.29) is 5.91 Å². The van der Waals surface area contributed by atoms with Crippen LogP contribution in [-0.4, -0.2) is 25.7 Å². The van der Waals surface area contributed by atoms with E-state index >= 15 is 0 Å². The highest BCUT2D eigenvalue weighted by Gasteiger charge is 2.14. The molecule has 4 rings (SSSR count). The van der Waals surface area contributed by atoms with Crippen LogP contribution >= 0.6 is 22.9 Å². The Hall–Kier alpha value is -2.77. The molecule has 2 heterocycles. The summed E-state index contributed by atoms with van der Waals surface area (Å²) >= 11 is 7.59. The molecule has 0 spiro atoms. The quantitative estimate of drug-likeness (QED) is 0.544. The van der Waals surface area contributed by atoms with Crippen LogP contribution in [0.15, 0.2) is 36.4 Å². The van der Waals surface area contributed by atoms with E-state index in [0.717, 1.165) is 38.2 Å². The van der Waals surface area contributed by atoms with Crippen molar-refractivity contribution >= 4 is 39.5 Å². The first kappa shape index (κ1) is 17.6. The fourth-order valence-corrected chi connectivity index (χ4v) is 3.71. The molecule has 0 bridgehead atoms. The molecular weight excluding hydrogens is 382 g/mol. The Labute approximate surface area is 164 Å². The van der Waals surface area contributed by atoms with Gasteiger partial charge in [0.2, 0.25) is 4.96 Å². The molecule has 2 aromatic heterocycles. The second kappa shape index (κ2) is 6.75. The fourth-order valence-electron chi connectivity index (χ4n) is 2.65. The van der Waals surface area contributed by atoms with E-state index in [1.807, 2.05) is 45.0 Å². The fraction of sp³-hybridized carbons (Fsp3) is 0.158. The second-order valence-electron chi connectivity index (χ2n) is 6.30. The molecule has 0 aliphatic carbocycles. The number of fused-ring (bicyclic) bond motifs is 1. The summed E-state index contributed by atoms with van der Waals surface area (Å²) in [6.45, 7) is 5.71. The van der Waals surface area contributed by atoms with Crippen LogP contribution in [0.3, 0.4) is 0 Å². The number of carbonyl (C=O) groups is 1. The predicted molar refractivity (Wildman–Crippen MR) is 108 cm³/mol. The van der Waals surface area contributed by atoms with E-state index in [4.69, 9.17) is 11.6 Å². The van der Waals surface area contributed by atoms with Gasteiger partial charge >= 0.3 is 0 Å². The van der Waals surface area contributed by atoms with Crippen molar-refractivity contribution in [2.24, 2.45) is 0 Å². The molecule has 0 radical (unpaired) electrons. The number of carbonyl (C=O) groups excluding carboxylic acids is 1. The van der Waals surface area contributed by atoms with Crippen LogP contribution in [0.2, 0.25) is 5.02 Å². The Morgan fingerprint density at radius 2 is 1.85 bits per heavy atom. The molecule has 0 atom stereocenters. The summed E-state index contributed by atoms with van der Waals surface area (Å²) in [4.78, 5) is 13.4. The molecule has 1 amide bonds. The number of nitrogens with zero attached hydrogens (tertiary/aromatic N) is 4. The van der Waals surface area contributed by atoms with Gasteiger partial charge in [-0.25, -0.2) is 0 Å². The molecule has 0 saturated heterocycles. The topological polar surface area (TPSA) is 72.2 Å². The van der Waals surface area contributed by atoms with Crippen LogP contribution in [0.4, 0.5) is 5.69 Å². The molecule has 0 saturated carbocycles. The second-order valence-corrected chi connectivity index (χ2v) is 7.66. The summed E-state index contributed by atoms with van der Waals surface area (Å²) in [5.74, 6) is 0.538. The molecule has 136 valence electrons. The molecular formula is C19H16ClN5OS. The summed E-state index contributed by atoms with van der Waals surface area (Å²) in [5.41, 5.74) is 4.06. The van der Waals surface area contributed by atoms with Crippen LogP contribution in [0, 0.1) is 20.8 Å². The number of halogens is 1. The number of nitrogens with one attached hydrogen (secondary N) is 1. The van der Waals surface area contributed by atoms with Crippen molar-refractivity contribution in [2.75, 3.05) is 5.32 Å². The monoisotopic (exact) mass is 397 g/mol. The first-order chi connectivity index (χ1) is 12.9. The average Bonchev–Trinajstić information content (AvgIpc) is 3.21. The maximum Gasteiger partial charge on any atom is 0.255 e. The first-order valence-electron chi connectivity index (χ1n) is 8.30. The van der Waals surface area contributed by atoms with Crippen molar-refractivity contribution < 1.29 is 4.79 Å². The van der Waals surface area contributed by atoms with Gasteiger partial charge in [-0.2, -0.15) is 9.61 Å². The minimum atomic E-state index is -0.203. The van der Waals surface area contributed by atoms with Crippen LogP contribution in [0.1, 0.15) is 27.3 Å². The summed E-state index contributed by atoms with van der Waals surface area (Å²) in [5, 5.41) is 17.0. The maximum atomic E-state index is 12.6. The van der Waals surface area contributed by atoms with Crippen molar-refractivity contribution in [1.82, 2.24) is 19.8 Å². The number of benzene rings is 2. The zero-order chi connectivity index (χ0) is 19.1. The molecule has 0 aliphatic rings. The van der Waals surface area contributed by atoms with E-state index in [1.165, 1.54) is 11.3 Å². The van der Waals surface area contributed by atoms with E-state index in [2.05, 4.69) is 20.6 Å². The van der Waals surface area contributed by atoms with Crippen LogP contribution < -0.4 is 5.32 Å². The highest BCUT2D eigenvalue weighted by Crippen LogP contribution is 2.29. The van der Waals surface area contributed by atoms with Gasteiger partial charge in [0.15, 0.2) is 5.82 Å². The first-order valence-corrected chi connectivity index (χ1v) is 9.49. The molecule has 1 N–H and O–H groups in total. The van der Waals surface area contributed by atoms with Crippen molar-refractivity contribution in [3.8, 4) is 10.6 Å². The smallest absolute Gasteiger partial charge is 0.255 e. The number of aromatic nitrogens is 4. The van der Waals surface area contributed by atoms with E-state index in [9.17, 15) is 4.79 Å². The Morgan fingerprint density at radius 1 is 1.07 bits per heavy atom. The van der Waals surface area contributed by atoms with Crippen molar-refractivity contribution in [3.05, 3.63) is 63.9 Å². The maximum absolute atomic E-state index is 12.6. The molecule has 0 fully saturated rings. The lowest BCUT2D eigenvalue weighted by Gasteiger charge is -2.10. The lowest BCUT2D eigenvalue weighted by atomic mass is 10.1. The van der Waals surface area contributed by atoms with Crippen LogP contribution in [0.5, 0.6) is 0 Å². The van der Waals surface area contributed by atoms with Gasteiger partial charge in [-0.3, -0.25) is 4.79 Å². The van der Waals surface area contributed by atoms with Gasteiger partial charge in [0, 0.05) is 21.8 Å². The van der Waals surface area contributed by atoms with E-state index < -0.39 is 0 Å². The van der Waals surface area contributed by atoms with Gasteiger partial charge < -0.3 is 5.32 Å². The Bertz CT molecular complexity index is 1180. The van der Waals surface area contributed by atoms with Gasteiger partial charge in [0.1, 0.15) is 5.01 Å². The number of amides is 1. The number of hydrogen-bond acceptors (Lipinski definition) is 5. The van der Waals surface area contributed by atoms with Crippen LogP contribution in [-0.2, 0) is 0 Å².